The Bertz CT molecular complexity index is 1200. The number of hydrogen-bond acceptors (Lipinski definition) is 4. The smallest absolute Gasteiger partial charge is 0.227 e. The summed E-state index contributed by atoms with van der Waals surface area (Å²) in [5.74, 6) is -0.979. The molecule has 0 radical (unpaired) electrons. The molecule has 0 aliphatic carbocycles. The fraction of sp³-hybridized carbons (Fsp3) is 0.0455. The summed E-state index contributed by atoms with van der Waals surface area (Å²) in [6.07, 6.45) is 1.60. The number of nitriles is 1. The van der Waals surface area contributed by atoms with Crippen molar-refractivity contribution in [1.29, 1.82) is 5.26 Å². The van der Waals surface area contributed by atoms with E-state index in [0.29, 0.717) is 33.3 Å². The van der Waals surface area contributed by atoms with Crippen LogP contribution in [0.2, 0.25) is 0 Å². The van der Waals surface area contributed by atoms with E-state index in [0.717, 1.165) is 0 Å². The average Bonchev–Trinajstić information content (AvgIpc) is 2.68. The molecule has 28 heavy (non-hydrogen) atoms. The molecule has 1 N–H and O–H groups in total. The third-order valence-corrected chi connectivity index (χ3v) is 4.34. The standard InChI is InChI=1S/C22H14F2N4/c1-13-9-18(23)20(19(24)10-13)17-4-2-3-15-12-26-22(28-21(15)17)27-16-7-5-14(11-25)6-8-16/h2-10,12H,1H3,(H,26,27,28). The van der Waals surface area contributed by atoms with Gasteiger partial charge in [-0.15, -0.1) is 0 Å². The van der Waals surface area contributed by atoms with E-state index in [-0.39, 0.29) is 11.5 Å². The highest BCUT2D eigenvalue weighted by Gasteiger charge is 2.16. The lowest BCUT2D eigenvalue weighted by molar-refractivity contribution is 0.588. The minimum atomic E-state index is -0.634. The third kappa shape index (κ3) is 3.26. The predicted octanol–water partition coefficient (Wildman–Crippen LogP) is 5.50. The number of para-hydroxylation sites is 1. The van der Waals surface area contributed by atoms with E-state index < -0.39 is 11.6 Å². The molecular weight excluding hydrogens is 358 g/mol. The van der Waals surface area contributed by atoms with Gasteiger partial charge in [-0.1, -0.05) is 18.2 Å². The summed E-state index contributed by atoms with van der Waals surface area (Å²) in [5.41, 5.74) is 2.44. The Morgan fingerprint density at radius 1 is 1.00 bits per heavy atom. The van der Waals surface area contributed by atoms with Crippen LogP contribution in [0.5, 0.6) is 0 Å². The van der Waals surface area contributed by atoms with E-state index >= 15 is 0 Å². The average molecular weight is 372 g/mol. The third-order valence-electron chi connectivity index (χ3n) is 4.34. The minimum absolute atomic E-state index is 0.112. The predicted molar refractivity (Wildman–Crippen MR) is 104 cm³/mol. The molecule has 3 aromatic carbocycles. The Morgan fingerprint density at radius 3 is 2.39 bits per heavy atom. The monoisotopic (exact) mass is 372 g/mol. The first-order chi connectivity index (χ1) is 13.5. The summed E-state index contributed by atoms with van der Waals surface area (Å²) in [4.78, 5) is 8.74. The number of anilines is 2. The molecule has 1 aromatic heterocycles. The van der Waals surface area contributed by atoms with Gasteiger partial charge >= 0.3 is 0 Å². The molecule has 0 spiro atoms. The van der Waals surface area contributed by atoms with Crippen LogP contribution in [0.4, 0.5) is 20.4 Å². The van der Waals surface area contributed by atoms with Crippen LogP contribution < -0.4 is 5.32 Å². The molecule has 0 saturated carbocycles. The van der Waals surface area contributed by atoms with Gasteiger partial charge < -0.3 is 5.32 Å². The lowest BCUT2D eigenvalue weighted by Crippen LogP contribution is -1.99. The molecule has 0 fully saturated rings. The first-order valence-corrected chi connectivity index (χ1v) is 8.54. The van der Waals surface area contributed by atoms with E-state index in [1.165, 1.54) is 12.1 Å². The van der Waals surface area contributed by atoms with Crippen molar-refractivity contribution < 1.29 is 8.78 Å². The minimum Gasteiger partial charge on any atom is -0.324 e. The van der Waals surface area contributed by atoms with Crippen molar-refractivity contribution in [3.63, 3.8) is 0 Å². The number of rotatable bonds is 3. The van der Waals surface area contributed by atoms with Crippen LogP contribution in [-0.2, 0) is 0 Å². The normalized spacial score (nSPS) is 10.6. The maximum atomic E-state index is 14.5. The largest absolute Gasteiger partial charge is 0.324 e. The van der Waals surface area contributed by atoms with Crippen molar-refractivity contribution in [3.05, 3.63) is 83.6 Å². The number of nitrogens with one attached hydrogen (secondary N) is 1. The maximum absolute atomic E-state index is 14.5. The zero-order chi connectivity index (χ0) is 19.7. The summed E-state index contributed by atoms with van der Waals surface area (Å²) in [7, 11) is 0. The number of hydrogen-bond donors (Lipinski definition) is 1. The molecule has 4 nitrogen and oxygen atoms in total. The fourth-order valence-corrected chi connectivity index (χ4v) is 3.03. The van der Waals surface area contributed by atoms with Crippen LogP contribution in [-0.4, -0.2) is 9.97 Å². The van der Waals surface area contributed by atoms with E-state index in [9.17, 15) is 8.78 Å². The quantitative estimate of drug-likeness (QED) is 0.516. The van der Waals surface area contributed by atoms with Gasteiger partial charge in [0, 0.05) is 22.8 Å². The maximum Gasteiger partial charge on any atom is 0.227 e. The molecule has 4 rings (SSSR count). The van der Waals surface area contributed by atoms with E-state index in [4.69, 9.17) is 5.26 Å². The van der Waals surface area contributed by atoms with E-state index in [1.807, 2.05) is 0 Å². The zero-order valence-electron chi connectivity index (χ0n) is 14.9. The first-order valence-electron chi connectivity index (χ1n) is 8.54. The second-order valence-corrected chi connectivity index (χ2v) is 6.35. The number of halogens is 2. The van der Waals surface area contributed by atoms with Gasteiger partial charge in [0.05, 0.1) is 22.7 Å². The van der Waals surface area contributed by atoms with Crippen LogP contribution in [0.1, 0.15) is 11.1 Å². The summed E-state index contributed by atoms with van der Waals surface area (Å²) < 4.78 is 29.0. The van der Waals surface area contributed by atoms with Gasteiger partial charge in [-0.3, -0.25) is 0 Å². The fourth-order valence-electron chi connectivity index (χ4n) is 3.03. The van der Waals surface area contributed by atoms with Crippen LogP contribution in [0.25, 0.3) is 22.0 Å². The number of aromatic nitrogens is 2. The van der Waals surface area contributed by atoms with Gasteiger partial charge in [0.2, 0.25) is 5.95 Å². The topological polar surface area (TPSA) is 61.6 Å². The van der Waals surface area contributed by atoms with Gasteiger partial charge in [-0.2, -0.15) is 5.26 Å². The van der Waals surface area contributed by atoms with Crippen molar-refractivity contribution in [2.24, 2.45) is 0 Å². The molecule has 1 heterocycles. The van der Waals surface area contributed by atoms with Crippen molar-refractivity contribution in [3.8, 4) is 17.2 Å². The molecule has 0 aliphatic heterocycles. The van der Waals surface area contributed by atoms with Crippen molar-refractivity contribution in [2.45, 2.75) is 6.92 Å². The van der Waals surface area contributed by atoms with Crippen LogP contribution in [0.15, 0.2) is 60.8 Å². The lowest BCUT2D eigenvalue weighted by Gasteiger charge is -2.11. The second kappa shape index (κ2) is 7.05. The summed E-state index contributed by atoms with van der Waals surface area (Å²) in [6.45, 7) is 1.64. The second-order valence-electron chi connectivity index (χ2n) is 6.35. The summed E-state index contributed by atoms with van der Waals surface area (Å²) in [6, 6.07) is 16.6. The Hall–Kier alpha value is -3.85. The van der Waals surface area contributed by atoms with Gasteiger partial charge in [0.15, 0.2) is 0 Å². The molecule has 0 aliphatic rings. The van der Waals surface area contributed by atoms with E-state index in [2.05, 4.69) is 21.4 Å². The molecule has 6 heteroatoms. The van der Waals surface area contributed by atoms with Crippen LogP contribution in [0, 0.1) is 29.9 Å². The van der Waals surface area contributed by atoms with Crippen LogP contribution >= 0.6 is 0 Å². The Labute approximate surface area is 160 Å². The SMILES string of the molecule is Cc1cc(F)c(-c2cccc3cnc(Nc4ccc(C#N)cc4)nc23)c(F)c1. The summed E-state index contributed by atoms with van der Waals surface area (Å²) >= 11 is 0. The van der Waals surface area contributed by atoms with Crippen LogP contribution in [0.3, 0.4) is 0 Å². The number of benzene rings is 3. The van der Waals surface area contributed by atoms with Gasteiger partial charge in [-0.05, 0) is 48.9 Å². The molecule has 0 atom stereocenters. The molecule has 4 aromatic rings. The molecule has 136 valence electrons. The molecule has 0 amide bonds. The Morgan fingerprint density at radius 2 is 1.71 bits per heavy atom. The van der Waals surface area contributed by atoms with Crippen molar-refractivity contribution >= 4 is 22.5 Å². The van der Waals surface area contributed by atoms with Crippen molar-refractivity contribution in [1.82, 2.24) is 9.97 Å². The Kier molecular flexibility index (Phi) is 4.42. The first kappa shape index (κ1) is 17.6. The van der Waals surface area contributed by atoms with Gasteiger partial charge in [-0.25, -0.2) is 18.7 Å². The molecular formula is C22H14F2N4. The van der Waals surface area contributed by atoms with Gasteiger partial charge in [0.25, 0.3) is 0 Å². The molecule has 0 saturated heterocycles. The lowest BCUT2D eigenvalue weighted by atomic mass is 10.00. The number of nitrogens with zero attached hydrogens (tertiary/aromatic N) is 3. The molecule has 0 unspecified atom stereocenters. The van der Waals surface area contributed by atoms with E-state index in [1.54, 1.807) is 55.6 Å². The number of fused-ring (bicyclic) bond motifs is 1. The van der Waals surface area contributed by atoms with Gasteiger partial charge in [0.1, 0.15) is 11.6 Å². The highest BCUT2D eigenvalue weighted by Crippen LogP contribution is 2.32. The Balaban J connectivity index is 1.81. The van der Waals surface area contributed by atoms with Crippen molar-refractivity contribution in [2.75, 3.05) is 5.32 Å². The summed E-state index contributed by atoms with van der Waals surface area (Å²) in [5, 5.41) is 12.6. The number of aryl methyl sites for hydroxylation is 1. The zero-order valence-corrected chi connectivity index (χ0v) is 14.9. The molecule has 0 bridgehead atoms. The highest BCUT2D eigenvalue weighted by molar-refractivity contribution is 5.94. The highest BCUT2D eigenvalue weighted by atomic mass is 19.1.